The molecule has 0 radical (unpaired) electrons. The number of carbonyl (C=O) groups is 2. The molecule has 0 aliphatic carbocycles. The van der Waals surface area contributed by atoms with Crippen molar-refractivity contribution in [2.45, 2.75) is 57.1 Å². The third-order valence-corrected chi connectivity index (χ3v) is 10.1. The molecule has 0 saturated heterocycles. The van der Waals surface area contributed by atoms with Gasteiger partial charge in [-0.3, -0.25) is 13.9 Å². The quantitative estimate of drug-likeness (QED) is 0.162. The molecule has 2 amide bonds. The van der Waals surface area contributed by atoms with Crippen molar-refractivity contribution >= 4 is 50.7 Å². The Labute approximate surface area is 280 Å². The molecule has 0 bridgehead atoms. The first-order valence-corrected chi connectivity index (χ1v) is 17.0. The number of amides is 2. The van der Waals surface area contributed by atoms with Crippen LogP contribution in [-0.2, 0) is 32.6 Å². The number of nitrogens with one attached hydrogen (secondary N) is 1. The molecule has 0 heterocycles. The number of nitrogens with zero attached hydrogens (tertiary/aromatic N) is 2. The van der Waals surface area contributed by atoms with Crippen molar-refractivity contribution in [2.24, 2.45) is 0 Å². The van der Waals surface area contributed by atoms with Crippen LogP contribution in [0, 0.1) is 12.7 Å². The van der Waals surface area contributed by atoms with Crippen LogP contribution in [-0.4, -0.2) is 43.8 Å². The highest BCUT2D eigenvalue weighted by molar-refractivity contribution is 7.92. The molecule has 11 heteroatoms. The number of hydrogen-bond acceptors (Lipinski definition) is 4. The maximum Gasteiger partial charge on any atom is 0.264 e. The van der Waals surface area contributed by atoms with E-state index in [1.54, 1.807) is 30.3 Å². The fourth-order valence-corrected chi connectivity index (χ4v) is 6.58. The molecule has 242 valence electrons. The second-order valence-corrected chi connectivity index (χ2v) is 13.7. The first-order chi connectivity index (χ1) is 21.9. The highest BCUT2D eigenvalue weighted by Gasteiger charge is 2.35. The first-order valence-electron chi connectivity index (χ1n) is 14.8. The van der Waals surface area contributed by atoms with Gasteiger partial charge < -0.3 is 10.2 Å². The molecule has 4 aromatic rings. The molecule has 4 aromatic carbocycles. The Morgan fingerprint density at radius 1 is 0.870 bits per heavy atom. The number of rotatable bonds is 13. The summed E-state index contributed by atoms with van der Waals surface area (Å²) in [7, 11) is -4.43. The van der Waals surface area contributed by atoms with Gasteiger partial charge in [-0.2, -0.15) is 0 Å². The summed E-state index contributed by atoms with van der Waals surface area (Å²) in [5, 5.41) is 3.54. The van der Waals surface area contributed by atoms with Crippen LogP contribution < -0.4 is 9.62 Å². The number of halogens is 3. The smallest absolute Gasteiger partial charge is 0.264 e. The van der Waals surface area contributed by atoms with Crippen molar-refractivity contribution in [2.75, 3.05) is 10.8 Å². The molecule has 0 aromatic heterocycles. The predicted octanol–water partition coefficient (Wildman–Crippen LogP) is 7.19. The minimum atomic E-state index is -4.43. The van der Waals surface area contributed by atoms with Gasteiger partial charge in [-0.25, -0.2) is 12.8 Å². The van der Waals surface area contributed by atoms with Crippen LogP contribution in [0.5, 0.6) is 0 Å². The Bertz CT molecular complexity index is 1770. The highest BCUT2D eigenvalue weighted by atomic mass is 35.5. The fourth-order valence-electron chi connectivity index (χ4n) is 4.83. The van der Waals surface area contributed by atoms with Gasteiger partial charge in [-0.15, -0.1) is 0 Å². The molecule has 1 N–H and O–H groups in total. The lowest BCUT2D eigenvalue weighted by atomic mass is 10.0. The summed E-state index contributed by atoms with van der Waals surface area (Å²) in [6, 6.07) is 24.2. The minimum absolute atomic E-state index is 0.100. The van der Waals surface area contributed by atoms with E-state index < -0.39 is 40.2 Å². The molecule has 0 aliphatic rings. The molecule has 2 atom stereocenters. The van der Waals surface area contributed by atoms with Crippen molar-refractivity contribution in [1.82, 2.24) is 10.2 Å². The van der Waals surface area contributed by atoms with Gasteiger partial charge in [0, 0.05) is 19.0 Å². The molecule has 7 nitrogen and oxygen atoms in total. The van der Waals surface area contributed by atoms with Crippen LogP contribution in [0.2, 0.25) is 10.0 Å². The SMILES string of the molecule is CCC(C)NC(=O)C(Cc1ccccc1)N(Cc1ccc(Cl)c(Cl)c1)C(=O)CN(c1ccccc1F)S(=O)(=O)c1ccc(C)cc1. The molecule has 0 fully saturated rings. The summed E-state index contributed by atoms with van der Waals surface area (Å²) >= 11 is 12.5. The predicted molar refractivity (Wildman–Crippen MR) is 181 cm³/mol. The standard InChI is InChI=1S/C35H36Cl2FN3O4S/c1-4-25(3)39-35(43)33(21-26-10-6-5-7-11-26)40(22-27-16-19-29(36)30(37)20-27)34(42)23-41(32-13-9-8-12-31(32)38)46(44,45)28-17-14-24(2)15-18-28/h5-20,25,33H,4,21-23H2,1-3H3,(H,39,43). The first kappa shape index (κ1) is 34.9. The van der Waals surface area contributed by atoms with Gasteiger partial charge in [-0.1, -0.05) is 96.4 Å². The van der Waals surface area contributed by atoms with Crippen LogP contribution >= 0.6 is 23.2 Å². The molecule has 0 saturated carbocycles. The number of sulfonamides is 1. The molecule has 0 aliphatic heterocycles. The van der Waals surface area contributed by atoms with Gasteiger partial charge in [0.2, 0.25) is 11.8 Å². The Morgan fingerprint density at radius 3 is 2.15 bits per heavy atom. The van der Waals surface area contributed by atoms with Crippen LogP contribution in [0.1, 0.15) is 37.0 Å². The van der Waals surface area contributed by atoms with E-state index in [-0.39, 0.29) is 34.6 Å². The number of para-hydroxylation sites is 1. The molecule has 4 rings (SSSR count). The van der Waals surface area contributed by atoms with E-state index in [0.717, 1.165) is 21.5 Å². The van der Waals surface area contributed by atoms with E-state index in [0.29, 0.717) is 17.0 Å². The van der Waals surface area contributed by atoms with Crippen molar-refractivity contribution in [3.63, 3.8) is 0 Å². The van der Waals surface area contributed by atoms with Gasteiger partial charge in [0.1, 0.15) is 18.4 Å². The van der Waals surface area contributed by atoms with E-state index >= 15 is 4.39 Å². The van der Waals surface area contributed by atoms with E-state index in [4.69, 9.17) is 23.2 Å². The maximum absolute atomic E-state index is 15.3. The normalized spacial score (nSPS) is 12.7. The van der Waals surface area contributed by atoms with Crippen molar-refractivity contribution in [1.29, 1.82) is 0 Å². The number of anilines is 1. The monoisotopic (exact) mass is 683 g/mol. The van der Waals surface area contributed by atoms with Crippen molar-refractivity contribution in [3.8, 4) is 0 Å². The van der Waals surface area contributed by atoms with Crippen molar-refractivity contribution < 1.29 is 22.4 Å². The topological polar surface area (TPSA) is 86.8 Å². The molecule has 46 heavy (non-hydrogen) atoms. The lowest BCUT2D eigenvalue weighted by molar-refractivity contribution is -0.140. The zero-order chi connectivity index (χ0) is 33.4. The van der Waals surface area contributed by atoms with Crippen LogP contribution in [0.4, 0.5) is 10.1 Å². The summed E-state index contributed by atoms with van der Waals surface area (Å²) in [5.41, 5.74) is 1.89. The molecule has 2 unspecified atom stereocenters. The molecular weight excluding hydrogens is 648 g/mol. The number of carbonyl (C=O) groups excluding carboxylic acids is 2. The third kappa shape index (κ3) is 8.66. The number of benzene rings is 4. The zero-order valence-electron chi connectivity index (χ0n) is 25.8. The highest BCUT2D eigenvalue weighted by Crippen LogP contribution is 2.28. The van der Waals surface area contributed by atoms with Gasteiger partial charge in [0.15, 0.2) is 0 Å². The fraction of sp³-hybridized carbons (Fsp3) is 0.257. The molecular formula is C35H36Cl2FN3O4S. The van der Waals surface area contributed by atoms with Gasteiger partial charge in [-0.05, 0) is 67.8 Å². The van der Waals surface area contributed by atoms with Crippen LogP contribution in [0.3, 0.4) is 0 Å². The van der Waals surface area contributed by atoms with E-state index in [1.807, 2.05) is 51.1 Å². The second-order valence-electron chi connectivity index (χ2n) is 11.1. The Hall–Kier alpha value is -3.92. The number of aryl methyl sites for hydroxylation is 1. The largest absolute Gasteiger partial charge is 0.352 e. The summed E-state index contributed by atoms with van der Waals surface area (Å²) in [6.07, 6.45) is 0.793. The maximum atomic E-state index is 15.3. The number of hydrogen-bond donors (Lipinski definition) is 1. The van der Waals surface area contributed by atoms with E-state index in [1.165, 1.54) is 35.2 Å². The Balaban J connectivity index is 1.83. The van der Waals surface area contributed by atoms with Gasteiger partial charge in [0.05, 0.1) is 20.6 Å². The summed E-state index contributed by atoms with van der Waals surface area (Å²) in [6.45, 7) is 4.72. The lowest BCUT2D eigenvalue weighted by Crippen LogP contribution is -2.54. The second kappa shape index (κ2) is 15.6. The summed E-state index contributed by atoms with van der Waals surface area (Å²) in [4.78, 5) is 29.6. The molecule has 0 spiro atoms. The lowest BCUT2D eigenvalue weighted by Gasteiger charge is -2.34. The van der Waals surface area contributed by atoms with E-state index in [2.05, 4.69) is 5.32 Å². The average Bonchev–Trinajstić information content (AvgIpc) is 3.04. The minimum Gasteiger partial charge on any atom is -0.352 e. The summed E-state index contributed by atoms with van der Waals surface area (Å²) in [5.74, 6) is -1.95. The Kier molecular flexibility index (Phi) is 11.8. The zero-order valence-corrected chi connectivity index (χ0v) is 28.1. The van der Waals surface area contributed by atoms with Gasteiger partial charge >= 0.3 is 0 Å². The third-order valence-electron chi connectivity index (χ3n) is 7.62. The Morgan fingerprint density at radius 2 is 1.52 bits per heavy atom. The van der Waals surface area contributed by atoms with Crippen LogP contribution in [0.25, 0.3) is 0 Å². The van der Waals surface area contributed by atoms with Gasteiger partial charge in [0.25, 0.3) is 10.0 Å². The van der Waals surface area contributed by atoms with E-state index in [9.17, 15) is 18.0 Å². The van der Waals surface area contributed by atoms with Crippen LogP contribution in [0.15, 0.2) is 102 Å². The average molecular weight is 685 g/mol. The van der Waals surface area contributed by atoms with Crippen molar-refractivity contribution in [3.05, 3.63) is 130 Å². The summed E-state index contributed by atoms with van der Waals surface area (Å²) < 4.78 is 44.1.